The van der Waals surface area contributed by atoms with E-state index in [2.05, 4.69) is 12.2 Å². The van der Waals surface area contributed by atoms with Gasteiger partial charge >= 0.3 is 6.09 Å². The molecule has 0 radical (unpaired) electrons. The zero-order chi connectivity index (χ0) is 24.1. The number of hydrogen-bond donors (Lipinski definition) is 2. The molecule has 1 amide bonds. The minimum absolute atomic E-state index is 0.0457. The second kappa shape index (κ2) is 10.6. The number of anilines is 1. The third-order valence-electron chi connectivity index (χ3n) is 6.35. The van der Waals surface area contributed by atoms with Crippen LogP contribution in [0.15, 0.2) is 59.5 Å². The molecule has 3 N–H and O–H groups in total. The Labute approximate surface area is 197 Å². The van der Waals surface area contributed by atoms with Gasteiger partial charge in [-0.1, -0.05) is 43.7 Å². The molecular weight excluding hydrogens is 438 g/mol. The van der Waals surface area contributed by atoms with Gasteiger partial charge in [-0.25, -0.2) is 13.2 Å². The number of carbonyl (C=O) groups excluding carboxylic acids is 1. The van der Waals surface area contributed by atoms with Gasteiger partial charge in [0.05, 0.1) is 4.90 Å². The highest BCUT2D eigenvalue weighted by Crippen LogP contribution is 2.38. The summed E-state index contributed by atoms with van der Waals surface area (Å²) in [6.45, 7) is 7.43. The summed E-state index contributed by atoms with van der Waals surface area (Å²) >= 11 is 0. The smallest absolute Gasteiger partial charge is 0.405 e. The Morgan fingerprint density at radius 3 is 2.36 bits per heavy atom. The molecule has 0 saturated carbocycles. The Morgan fingerprint density at radius 1 is 1.15 bits per heavy atom. The average molecular weight is 474 g/mol. The fourth-order valence-corrected chi connectivity index (χ4v) is 5.96. The normalized spacial score (nSPS) is 16.1. The van der Waals surface area contributed by atoms with E-state index in [1.165, 1.54) is 4.31 Å². The first kappa shape index (κ1) is 25.1. The van der Waals surface area contributed by atoms with Gasteiger partial charge in [-0.3, -0.25) is 0 Å². The first-order valence-electron chi connectivity index (χ1n) is 11.5. The van der Waals surface area contributed by atoms with Crippen LogP contribution in [0.25, 0.3) is 0 Å². The average Bonchev–Trinajstić information content (AvgIpc) is 2.72. The fraction of sp³-hybridized carbons (Fsp3) is 0.480. The van der Waals surface area contributed by atoms with Crippen LogP contribution in [0, 0.1) is 11.8 Å². The van der Waals surface area contributed by atoms with E-state index < -0.39 is 21.7 Å². The molecule has 0 bridgehead atoms. The number of ether oxygens (including phenoxy) is 1. The topological polar surface area (TPSA) is 102 Å². The number of carbonyl (C=O) groups is 1. The van der Waals surface area contributed by atoms with Crippen molar-refractivity contribution in [1.82, 2.24) is 4.31 Å². The lowest BCUT2D eigenvalue weighted by Crippen LogP contribution is -2.57. The van der Waals surface area contributed by atoms with Crippen molar-refractivity contribution in [2.24, 2.45) is 17.6 Å². The SMILES string of the molecule is CCCCNc1ccc(S(=O)(=O)N2CC(C(Cc3ccccc3)C(C)(C)OC(N)=O)C2)cc1. The summed E-state index contributed by atoms with van der Waals surface area (Å²) < 4.78 is 33.2. The summed E-state index contributed by atoms with van der Waals surface area (Å²) in [5, 5.41) is 3.30. The molecular formula is C25H35N3O4S. The zero-order valence-electron chi connectivity index (χ0n) is 19.7. The fourth-order valence-electron chi connectivity index (χ4n) is 4.41. The molecule has 0 aliphatic carbocycles. The van der Waals surface area contributed by atoms with Crippen LogP contribution in [0.3, 0.4) is 0 Å². The first-order valence-corrected chi connectivity index (χ1v) is 12.9. The monoisotopic (exact) mass is 473 g/mol. The van der Waals surface area contributed by atoms with Crippen molar-refractivity contribution in [2.45, 2.75) is 50.5 Å². The molecule has 1 unspecified atom stereocenters. The van der Waals surface area contributed by atoms with E-state index in [9.17, 15) is 13.2 Å². The Bertz CT molecular complexity index is 1020. The highest BCUT2D eigenvalue weighted by molar-refractivity contribution is 7.89. The quantitative estimate of drug-likeness (QED) is 0.475. The van der Waals surface area contributed by atoms with Gasteiger partial charge < -0.3 is 15.8 Å². The van der Waals surface area contributed by atoms with Gasteiger partial charge in [0.2, 0.25) is 10.0 Å². The van der Waals surface area contributed by atoms with Crippen LogP contribution in [0.4, 0.5) is 10.5 Å². The summed E-state index contributed by atoms with van der Waals surface area (Å²) in [6, 6.07) is 16.8. The van der Waals surface area contributed by atoms with Crippen LogP contribution < -0.4 is 11.1 Å². The van der Waals surface area contributed by atoms with Crippen LogP contribution in [0.2, 0.25) is 0 Å². The second-order valence-corrected chi connectivity index (χ2v) is 11.1. The molecule has 0 aromatic heterocycles. The predicted molar refractivity (Wildman–Crippen MR) is 130 cm³/mol. The van der Waals surface area contributed by atoms with Crippen LogP contribution >= 0.6 is 0 Å². The number of rotatable bonds is 11. The number of nitrogens with zero attached hydrogens (tertiary/aromatic N) is 1. The maximum atomic E-state index is 13.1. The number of benzene rings is 2. The van der Waals surface area contributed by atoms with Crippen LogP contribution in [0.5, 0.6) is 0 Å². The van der Waals surface area contributed by atoms with Crippen molar-refractivity contribution >= 4 is 21.8 Å². The van der Waals surface area contributed by atoms with E-state index in [1.54, 1.807) is 12.1 Å². The lowest BCUT2D eigenvalue weighted by molar-refractivity contribution is -0.0460. The molecule has 1 aliphatic rings. The molecule has 1 heterocycles. The van der Waals surface area contributed by atoms with Crippen molar-refractivity contribution in [3.8, 4) is 0 Å². The molecule has 33 heavy (non-hydrogen) atoms. The highest BCUT2D eigenvalue weighted by atomic mass is 32.2. The van der Waals surface area contributed by atoms with Gasteiger partial charge in [-0.15, -0.1) is 0 Å². The minimum atomic E-state index is -3.58. The minimum Gasteiger partial charge on any atom is -0.443 e. The van der Waals surface area contributed by atoms with Crippen molar-refractivity contribution < 1.29 is 17.9 Å². The molecule has 180 valence electrons. The molecule has 1 fully saturated rings. The van der Waals surface area contributed by atoms with Crippen molar-refractivity contribution in [2.75, 3.05) is 25.0 Å². The Morgan fingerprint density at radius 2 is 1.79 bits per heavy atom. The first-order chi connectivity index (χ1) is 15.6. The van der Waals surface area contributed by atoms with E-state index in [0.717, 1.165) is 30.6 Å². The van der Waals surface area contributed by atoms with Gasteiger partial charge in [0.15, 0.2) is 0 Å². The number of amides is 1. The van der Waals surface area contributed by atoms with E-state index >= 15 is 0 Å². The lowest BCUT2D eigenvalue weighted by atomic mass is 9.73. The van der Waals surface area contributed by atoms with Crippen molar-refractivity contribution in [3.05, 3.63) is 60.2 Å². The summed E-state index contributed by atoms with van der Waals surface area (Å²) in [4.78, 5) is 11.8. The number of nitrogens with two attached hydrogens (primary N) is 1. The van der Waals surface area contributed by atoms with E-state index in [0.29, 0.717) is 19.5 Å². The van der Waals surface area contributed by atoms with Crippen molar-refractivity contribution in [3.63, 3.8) is 0 Å². The summed E-state index contributed by atoms with van der Waals surface area (Å²) in [7, 11) is -3.58. The number of sulfonamides is 1. The highest BCUT2D eigenvalue weighted by Gasteiger charge is 2.47. The molecule has 1 saturated heterocycles. The third-order valence-corrected chi connectivity index (χ3v) is 8.20. The third kappa shape index (κ3) is 6.26. The molecule has 7 nitrogen and oxygen atoms in total. The number of unbranched alkanes of at least 4 members (excludes halogenated alkanes) is 1. The van der Waals surface area contributed by atoms with E-state index in [-0.39, 0.29) is 16.7 Å². The molecule has 3 rings (SSSR count). The molecule has 0 spiro atoms. The number of primary amides is 1. The Balaban J connectivity index is 1.70. The summed E-state index contributed by atoms with van der Waals surface area (Å²) in [5.41, 5.74) is 6.52. The van der Waals surface area contributed by atoms with Gasteiger partial charge in [0, 0.05) is 31.2 Å². The van der Waals surface area contributed by atoms with E-state index in [4.69, 9.17) is 10.5 Å². The Hall–Kier alpha value is -2.58. The standard InChI is InChI=1S/C25H35N3O4S/c1-4-5-15-27-21-11-13-22(14-12-21)33(30,31)28-17-20(18-28)23(25(2,3)32-24(26)29)16-19-9-7-6-8-10-19/h6-14,20,23,27H,4-5,15-18H2,1-3H3,(H2,26,29). The Kier molecular flexibility index (Phi) is 8.02. The number of hydrogen-bond acceptors (Lipinski definition) is 5. The molecule has 2 aromatic carbocycles. The van der Waals surface area contributed by atoms with E-state index in [1.807, 2.05) is 56.3 Å². The van der Waals surface area contributed by atoms with Crippen molar-refractivity contribution in [1.29, 1.82) is 0 Å². The van der Waals surface area contributed by atoms with Gasteiger partial charge in [0.1, 0.15) is 5.60 Å². The molecule has 8 heteroatoms. The zero-order valence-corrected chi connectivity index (χ0v) is 20.5. The summed E-state index contributed by atoms with van der Waals surface area (Å²) in [5.74, 6) is -0.0340. The lowest BCUT2D eigenvalue weighted by Gasteiger charge is -2.47. The van der Waals surface area contributed by atoms with Crippen LogP contribution in [-0.4, -0.2) is 44.1 Å². The second-order valence-electron chi connectivity index (χ2n) is 9.21. The molecule has 1 aliphatic heterocycles. The van der Waals surface area contributed by atoms with Gasteiger partial charge in [-0.2, -0.15) is 4.31 Å². The predicted octanol–water partition coefficient (Wildman–Crippen LogP) is 4.25. The van der Waals surface area contributed by atoms with Gasteiger partial charge in [-0.05, 0) is 62.4 Å². The molecule has 2 aromatic rings. The van der Waals surface area contributed by atoms with Crippen LogP contribution in [-0.2, 0) is 21.2 Å². The maximum Gasteiger partial charge on any atom is 0.405 e. The number of nitrogens with one attached hydrogen (secondary N) is 1. The van der Waals surface area contributed by atoms with Crippen LogP contribution in [0.1, 0.15) is 39.2 Å². The molecule has 1 atom stereocenters. The summed E-state index contributed by atoms with van der Waals surface area (Å²) in [6.07, 6.45) is 2.00. The van der Waals surface area contributed by atoms with Gasteiger partial charge in [0.25, 0.3) is 0 Å². The maximum absolute atomic E-state index is 13.1. The largest absolute Gasteiger partial charge is 0.443 e.